The van der Waals surface area contributed by atoms with Gasteiger partial charge < -0.3 is 4.42 Å². The summed E-state index contributed by atoms with van der Waals surface area (Å²) in [6, 6.07) is 11.4. The number of nitrogens with one attached hydrogen (secondary N) is 1. The Morgan fingerprint density at radius 1 is 1.18 bits per heavy atom. The number of sulfonamides is 1. The van der Waals surface area contributed by atoms with E-state index in [1.54, 1.807) is 42.5 Å². The molecule has 0 unspecified atom stereocenters. The zero-order valence-corrected chi connectivity index (χ0v) is 17.2. The Kier molecular flexibility index (Phi) is 5.63. The summed E-state index contributed by atoms with van der Waals surface area (Å²) < 4.78 is 31.5. The Balaban J connectivity index is 2.21. The summed E-state index contributed by atoms with van der Waals surface area (Å²) in [4.78, 5) is 13.3. The van der Waals surface area contributed by atoms with Crippen LogP contribution in [0.2, 0.25) is 5.02 Å². The van der Waals surface area contributed by atoms with Gasteiger partial charge in [-0.1, -0.05) is 31.5 Å². The second-order valence-corrected chi connectivity index (χ2v) is 8.77. The second-order valence-electron chi connectivity index (χ2n) is 6.58. The van der Waals surface area contributed by atoms with Crippen LogP contribution in [0.3, 0.4) is 0 Å². The molecule has 0 saturated carbocycles. The Morgan fingerprint density at radius 3 is 2.46 bits per heavy atom. The number of allylic oxidation sites excluding steroid dienone is 1. The molecule has 0 saturated heterocycles. The zero-order valence-electron chi connectivity index (χ0n) is 15.6. The van der Waals surface area contributed by atoms with Crippen LogP contribution in [-0.2, 0) is 10.0 Å². The summed E-state index contributed by atoms with van der Waals surface area (Å²) in [6.07, 6.45) is 2.60. The van der Waals surface area contributed by atoms with E-state index in [-0.39, 0.29) is 5.78 Å². The maximum absolute atomic E-state index is 13.3. The van der Waals surface area contributed by atoms with Gasteiger partial charge in [-0.3, -0.25) is 9.52 Å². The van der Waals surface area contributed by atoms with Gasteiger partial charge in [0.05, 0.1) is 11.8 Å². The van der Waals surface area contributed by atoms with Crippen molar-refractivity contribution in [1.82, 2.24) is 0 Å². The lowest BCUT2D eigenvalue weighted by Gasteiger charge is -2.06. The fourth-order valence-corrected chi connectivity index (χ4v) is 3.69. The van der Waals surface area contributed by atoms with Crippen LogP contribution in [0.25, 0.3) is 16.5 Å². The molecular formula is C21H20ClNO4S. The largest absolute Gasteiger partial charge is 0.456 e. The molecular weight excluding hydrogens is 398 g/mol. The molecule has 0 amide bonds. The molecule has 3 aromatic rings. The maximum atomic E-state index is 13.3. The van der Waals surface area contributed by atoms with Gasteiger partial charge >= 0.3 is 0 Å². The van der Waals surface area contributed by atoms with Gasteiger partial charge in [0.15, 0.2) is 5.78 Å². The third-order valence-corrected chi connectivity index (χ3v) is 5.06. The van der Waals surface area contributed by atoms with Crippen molar-refractivity contribution in [3.8, 4) is 0 Å². The number of hydrogen-bond acceptors (Lipinski definition) is 4. The minimum Gasteiger partial charge on any atom is -0.456 e. The van der Waals surface area contributed by atoms with Crippen molar-refractivity contribution in [2.45, 2.75) is 19.8 Å². The van der Waals surface area contributed by atoms with Gasteiger partial charge in [-0.25, -0.2) is 8.42 Å². The van der Waals surface area contributed by atoms with Gasteiger partial charge in [0, 0.05) is 21.7 Å². The average molecular weight is 418 g/mol. The topological polar surface area (TPSA) is 76.4 Å². The number of carbonyl (C=O) groups is 1. The minimum atomic E-state index is -3.45. The number of furan rings is 1. The molecule has 3 rings (SSSR count). The molecule has 0 aliphatic carbocycles. The lowest BCUT2D eigenvalue weighted by Crippen LogP contribution is -2.09. The first-order chi connectivity index (χ1) is 13.2. The maximum Gasteiger partial charge on any atom is 0.229 e. The van der Waals surface area contributed by atoms with Crippen molar-refractivity contribution in [2.24, 2.45) is 0 Å². The lowest BCUT2D eigenvalue weighted by molar-refractivity contribution is 0.103. The molecule has 146 valence electrons. The van der Waals surface area contributed by atoms with Crippen LogP contribution in [-0.4, -0.2) is 20.5 Å². The Bertz CT molecular complexity index is 1160. The van der Waals surface area contributed by atoms with Crippen molar-refractivity contribution in [2.75, 3.05) is 11.0 Å². The Labute approximate surface area is 169 Å². The van der Waals surface area contributed by atoms with Gasteiger partial charge in [-0.2, -0.15) is 0 Å². The van der Waals surface area contributed by atoms with E-state index >= 15 is 0 Å². The standard InChI is InChI=1S/C21H20ClNO4S/c1-4-5-13(2)21-19(20(24)14-6-8-15(22)9-7-14)17-12-16(23-28(3,25)26)10-11-18(17)27-21/h6-12,23H,2,4-5H2,1,3H3. The van der Waals surface area contributed by atoms with Gasteiger partial charge in [-0.05, 0) is 54.5 Å². The quantitative estimate of drug-likeness (QED) is 0.515. The highest BCUT2D eigenvalue weighted by Gasteiger charge is 2.24. The number of ketones is 1. The van der Waals surface area contributed by atoms with Crippen molar-refractivity contribution in [1.29, 1.82) is 0 Å². The molecule has 0 aliphatic heterocycles. The smallest absolute Gasteiger partial charge is 0.229 e. The summed E-state index contributed by atoms with van der Waals surface area (Å²) in [6.45, 7) is 6.08. The van der Waals surface area contributed by atoms with Crippen molar-refractivity contribution in [3.05, 3.63) is 71.0 Å². The molecule has 0 fully saturated rings. The number of rotatable bonds is 7. The van der Waals surface area contributed by atoms with Crippen LogP contribution in [0.5, 0.6) is 0 Å². The van der Waals surface area contributed by atoms with Crippen molar-refractivity contribution in [3.63, 3.8) is 0 Å². The number of hydrogen-bond donors (Lipinski definition) is 1. The van der Waals surface area contributed by atoms with Crippen LogP contribution in [0.1, 0.15) is 41.4 Å². The molecule has 1 N–H and O–H groups in total. The second kappa shape index (κ2) is 7.81. The molecule has 1 heterocycles. The van der Waals surface area contributed by atoms with Crippen LogP contribution in [0.15, 0.2) is 53.5 Å². The van der Waals surface area contributed by atoms with E-state index in [9.17, 15) is 13.2 Å². The van der Waals surface area contributed by atoms with Crippen LogP contribution in [0.4, 0.5) is 5.69 Å². The molecule has 2 aromatic carbocycles. The lowest BCUT2D eigenvalue weighted by atomic mass is 9.96. The van der Waals surface area contributed by atoms with E-state index in [4.69, 9.17) is 16.0 Å². The molecule has 1 aromatic heterocycles. The molecule has 0 aliphatic rings. The number of anilines is 1. The van der Waals surface area contributed by atoms with E-state index in [1.165, 1.54) is 0 Å². The normalized spacial score (nSPS) is 11.5. The molecule has 0 bridgehead atoms. The SMILES string of the molecule is C=C(CCC)c1oc2ccc(NS(C)(=O)=O)cc2c1C(=O)c1ccc(Cl)cc1. The van der Waals surface area contributed by atoms with Crippen LogP contribution < -0.4 is 4.72 Å². The molecule has 5 nitrogen and oxygen atoms in total. The highest BCUT2D eigenvalue weighted by Crippen LogP contribution is 2.35. The third kappa shape index (κ3) is 4.29. The van der Waals surface area contributed by atoms with E-state index in [0.717, 1.165) is 12.7 Å². The number of fused-ring (bicyclic) bond motifs is 1. The van der Waals surface area contributed by atoms with E-state index < -0.39 is 10.0 Å². The van der Waals surface area contributed by atoms with E-state index in [2.05, 4.69) is 11.3 Å². The summed E-state index contributed by atoms with van der Waals surface area (Å²) in [5, 5.41) is 1.06. The van der Waals surface area contributed by atoms with Gasteiger partial charge in [0.25, 0.3) is 0 Å². The molecule has 28 heavy (non-hydrogen) atoms. The van der Waals surface area contributed by atoms with Crippen LogP contribution >= 0.6 is 11.6 Å². The van der Waals surface area contributed by atoms with Crippen LogP contribution in [0, 0.1) is 0 Å². The number of carbonyl (C=O) groups excluding carboxylic acids is 1. The Hall–Kier alpha value is -2.57. The highest BCUT2D eigenvalue weighted by molar-refractivity contribution is 7.92. The molecule has 0 radical (unpaired) electrons. The Morgan fingerprint density at radius 2 is 1.86 bits per heavy atom. The summed E-state index contributed by atoms with van der Waals surface area (Å²) in [5.41, 5.74) is 2.39. The summed E-state index contributed by atoms with van der Waals surface area (Å²) >= 11 is 5.93. The number of halogens is 1. The van der Waals surface area contributed by atoms with Gasteiger partial charge in [0.1, 0.15) is 11.3 Å². The predicted molar refractivity (Wildman–Crippen MR) is 114 cm³/mol. The third-order valence-electron chi connectivity index (χ3n) is 4.20. The van der Waals surface area contributed by atoms with Crippen molar-refractivity contribution >= 4 is 49.6 Å². The van der Waals surface area contributed by atoms with E-state index in [0.29, 0.717) is 50.6 Å². The van der Waals surface area contributed by atoms with Gasteiger partial charge in [0.2, 0.25) is 10.0 Å². The zero-order chi connectivity index (χ0) is 20.5. The molecule has 0 atom stereocenters. The van der Waals surface area contributed by atoms with Gasteiger partial charge in [-0.15, -0.1) is 0 Å². The fourth-order valence-electron chi connectivity index (χ4n) is 3.01. The first-order valence-corrected chi connectivity index (χ1v) is 11.0. The first-order valence-electron chi connectivity index (χ1n) is 8.72. The first kappa shape index (κ1) is 20.2. The van der Waals surface area contributed by atoms with E-state index in [1.807, 2.05) is 6.92 Å². The minimum absolute atomic E-state index is 0.237. The summed E-state index contributed by atoms with van der Waals surface area (Å²) in [5.74, 6) is 0.187. The monoisotopic (exact) mass is 417 g/mol. The predicted octanol–water partition coefficient (Wildman–Crippen LogP) is 5.50. The highest BCUT2D eigenvalue weighted by atomic mass is 35.5. The summed E-state index contributed by atoms with van der Waals surface area (Å²) in [7, 11) is -3.45. The molecule has 7 heteroatoms. The number of benzene rings is 2. The fraction of sp³-hybridized carbons (Fsp3) is 0.190. The average Bonchev–Trinajstić information content (AvgIpc) is 2.99. The molecule has 0 spiro atoms. The van der Waals surface area contributed by atoms with Crippen molar-refractivity contribution < 1.29 is 17.6 Å².